The van der Waals surface area contributed by atoms with Crippen LogP contribution in [0.3, 0.4) is 0 Å². The SMILES string of the molecule is C[C@@H](N)c1ccc(N[SH](=O)=O)cc1. The fourth-order valence-electron chi connectivity index (χ4n) is 0.967. The van der Waals surface area contributed by atoms with Crippen molar-refractivity contribution in [3.63, 3.8) is 0 Å². The summed E-state index contributed by atoms with van der Waals surface area (Å²) in [6.07, 6.45) is 0. The van der Waals surface area contributed by atoms with Crippen molar-refractivity contribution < 1.29 is 8.42 Å². The minimum absolute atomic E-state index is 0.0323. The summed E-state index contributed by atoms with van der Waals surface area (Å²) >= 11 is 0. The zero-order valence-electron chi connectivity index (χ0n) is 7.23. The molecule has 0 fully saturated rings. The fraction of sp³-hybridized carbons (Fsp3) is 0.250. The Morgan fingerprint density at radius 2 is 1.85 bits per heavy atom. The molecule has 1 aromatic rings. The molecule has 1 atom stereocenters. The van der Waals surface area contributed by atoms with Crippen LogP contribution in [0.1, 0.15) is 18.5 Å². The van der Waals surface area contributed by atoms with Gasteiger partial charge < -0.3 is 5.73 Å². The summed E-state index contributed by atoms with van der Waals surface area (Å²) in [5, 5.41) is 0. The molecule has 0 aliphatic carbocycles. The molecular weight excluding hydrogens is 188 g/mol. The number of anilines is 1. The molecule has 0 aliphatic rings. The molecule has 0 amide bonds. The standard InChI is InChI=1S/C8H12N2O2S/c1-6(9)7-2-4-8(5-3-7)10-13(11)12/h2-6,13H,9H2,1H3,(H,10,11,12)/t6-/m1/s1. The number of rotatable bonds is 3. The smallest absolute Gasteiger partial charge is 0.222 e. The van der Waals surface area contributed by atoms with E-state index >= 15 is 0 Å². The molecule has 5 heteroatoms. The Kier molecular flexibility index (Phi) is 3.27. The van der Waals surface area contributed by atoms with Crippen molar-refractivity contribution in [1.29, 1.82) is 0 Å². The highest BCUT2D eigenvalue weighted by Gasteiger charge is 1.98. The lowest BCUT2D eigenvalue weighted by atomic mass is 10.1. The first-order chi connectivity index (χ1) is 6.09. The Morgan fingerprint density at radius 1 is 1.31 bits per heavy atom. The van der Waals surface area contributed by atoms with Crippen LogP contribution in [0.4, 0.5) is 5.69 Å². The van der Waals surface area contributed by atoms with Crippen LogP contribution in [-0.2, 0) is 10.9 Å². The van der Waals surface area contributed by atoms with E-state index in [1.54, 1.807) is 24.3 Å². The van der Waals surface area contributed by atoms with Crippen molar-refractivity contribution in [3.05, 3.63) is 29.8 Å². The van der Waals surface area contributed by atoms with Crippen molar-refractivity contribution in [3.8, 4) is 0 Å². The first-order valence-corrected chi connectivity index (χ1v) is 5.04. The van der Waals surface area contributed by atoms with E-state index in [4.69, 9.17) is 5.73 Å². The zero-order chi connectivity index (χ0) is 9.84. The van der Waals surface area contributed by atoms with Crippen LogP contribution in [0, 0.1) is 0 Å². The highest BCUT2D eigenvalue weighted by atomic mass is 32.2. The maximum Gasteiger partial charge on any atom is 0.222 e. The number of benzene rings is 1. The third-order valence-electron chi connectivity index (χ3n) is 1.66. The van der Waals surface area contributed by atoms with Gasteiger partial charge in [-0.2, -0.15) is 0 Å². The Bertz CT molecular complexity index is 336. The van der Waals surface area contributed by atoms with Gasteiger partial charge in [-0.25, -0.2) is 8.42 Å². The van der Waals surface area contributed by atoms with Gasteiger partial charge in [0.15, 0.2) is 0 Å². The van der Waals surface area contributed by atoms with Gasteiger partial charge in [0.05, 0.1) is 0 Å². The van der Waals surface area contributed by atoms with Gasteiger partial charge in [-0.1, -0.05) is 12.1 Å². The third-order valence-corrected chi connectivity index (χ3v) is 2.10. The Hall–Kier alpha value is -1.07. The average Bonchev–Trinajstić information content (AvgIpc) is 2.04. The Balaban J connectivity index is 2.81. The van der Waals surface area contributed by atoms with E-state index < -0.39 is 10.9 Å². The molecule has 4 nitrogen and oxygen atoms in total. The molecule has 0 aliphatic heterocycles. The largest absolute Gasteiger partial charge is 0.324 e. The number of nitrogens with two attached hydrogens (primary N) is 1. The second kappa shape index (κ2) is 4.25. The third kappa shape index (κ3) is 3.04. The lowest BCUT2D eigenvalue weighted by Gasteiger charge is -2.05. The summed E-state index contributed by atoms with van der Waals surface area (Å²) in [4.78, 5) is 0. The highest BCUT2D eigenvalue weighted by Crippen LogP contribution is 2.13. The van der Waals surface area contributed by atoms with Crippen LogP contribution in [0.2, 0.25) is 0 Å². The van der Waals surface area contributed by atoms with Crippen LogP contribution in [0.25, 0.3) is 0 Å². The normalized spacial score (nSPS) is 12.8. The molecule has 1 rings (SSSR count). The lowest BCUT2D eigenvalue weighted by Crippen LogP contribution is -2.04. The molecule has 0 bridgehead atoms. The molecule has 0 radical (unpaired) electrons. The molecule has 0 saturated carbocycles. The van der Waals surface area contributed by atoms with E-state index in [1.807, 2.05) is 6.92 Å². The molecule has 0 saturated heterocycles. The molecule has 0 unspecified atom stereocenters. The average molecular weight is 200 g/mol. The topological polar surface area (TPSA) is 72.2 Å². The van der Waals surface area contributed by atoms with Crippen LogP contribution in [-0.4, -0.2) is 8.42 Å². The maximum atomic E-state index is 10.3. The quantitative estimate of drug-likeness (QED) is 0.627. The van der Waals surface area contributed by atoms with E-state index in [2.05, 4.69) is 4.72 Å². The van der Waals surface area contributed by atoms with Gasteiger partial charge in [0.2, 0.25) is 10.9 Å². The summed E-state index contributed by atoms with van der Waals surface area (Å²) in [5.41, 5.74) is 7.16. The van der Waals surface area contributed by atoms with E-state index in [-0.39, 0.29) is 6.04 Å². The van der Waals surface area contributed by atoms with Crippen molar-refractivity contribution in [1.82, 2.24) is 0 Å². The number of nitrogens with one attached hydrogen (secondary N) is 1. The fourth-order valence-corrected chi connectivity index (χ4v) is 1.33. The van der Waals surface area contributed by atoms with Crippen LogP contribution in [0.15, 0.2) is 24.3 Å². The summed E-state index contributed by atoms with van der Waals surface area (Å²) in [5.74, 6) is 0. The first kappa shape index (κ1) is 10.0. The zero-order valence-corrected chi connectivity index (χ0v) is 8.12. The summed E-state index contributed by atoms with van der Waals surface area (Å²) in [6.45, 7) is 1.87. The molecule has 13 heavy (non-hydrogen) atoms. The number of hydrogen-bond donors (Lipinski definition) is 3. The van der Waals surface area contributed by atoms with Gasteiger partial charge in [-0.15, -0.1) is 0 Å². The van der Waals surface area contributed by atoms with E-state index in [1.165, 1.54) is 0 Å². The van der Waals surface area contributed by atoms with Crippen molar-refractivity contribution in [2.75, 3.05) is 4.72 Å². The molecular formula is C8H12N2O2S. The second-order valence-corrected chi connectivity index (χ2v) is 3.52. The number of hydrogen-bond acceptors (Lipinski definition) is 3. The van der Waals surface area contributed by atoms with Crippen molar-refractivity contribution >= 4 is 16.6 Å². The molecule has 1 aromatic carbocycles. The first-order valence-electron chi connectivity index (χ1n) is 3.86. The lowest BCUT2D eigenvalue weighted by molar-refractivity contribution is 0.619. The molecule has 0 spiro atoms. The monoisotopic (exact) mass is 200 g/mol. The van der Waals surface area contributed by atoms with Gasteiger partial charge in [0.1, 0.15) is 0 Å². The van der Waals surface area contributed by atoms with Gasteiger partial charge in [0, 0.05) is 11.7 Å². The highest BCUT2D eigenvalue weighted by molar-refractivity contribution is 7.73. The van der Waals surface area contributed by atoms with Gasteiger partial charge in [-0.05, 0) is 24.6 Å². The van der Waals surface area contributed by atoms with Crippen LogP contribution < -0.4 is 10.5 Å². The maximum absolute atomic E-state index is 10.3. The summed E-state index contributed by atoms with van der Waals surface area (Å²) in [6, 6.07) is 6.93. The van der Waals surface area contributed by atoms with Gasteiger partial charge in [0.25, 0.3) is 0 Å². The minimum atomic E-state index is -2.58. The van der Waals surface area contributed by atoms with Gasteiger partial charge >= 0.3 is 0 Å². The number of thiol groups is 1. The Morgan fingerprint density at radius 3 is 2.23 bits per heavy atom. The molecule has 3 N–H and O–H groups in total. The van der Waals surface area contributed by atoms with E-state index in [9.17, 15) is 8.42 Å². The molecule has 0 heterocycles. The van der Waals surface area contributed by atoms with Crippen LogP contribution in [0.5, 0.6) is 0 Å². The summed E-state index contributed by atoms with van der Waals surface area (Å²) < 4.78 is 22.9. The van der Waals surface area contributed by atoms with Crippen molar-refractivity contribution in [2.24, 2.45) is 5.73 Å². The van der Waals surface area contributed by atoms with Crippen molar-refractivity contribution in [2.45, 2.75) is 13.0 Å². The minimum Gasteiger partial charge on any atom is -0.324 e. The van der Waals surface area contributed by atoms with Crippen LogP contribution >= 0.6 is 0 Å². The summed E-state index contributed by atoms with van der Waals surface area (Å²) in [7, 11) is -2.58. The molecule has 0 aromatic heterocycles. The second-order valence-electron chi connectivity index (χ2n) is 2.78. The van der Waals surface area contributed by atoms with Gasteiger partial charge in [-0.3, -0.25) is 4.72 Å². The van der Waals surface area contributed by atoms with E-state index in [0.717, 1.165) is 5.56 Å². The predicted molar refractivity (Wildman–Crippen MR) is 53.0 cm³/mol. The molecule has 72 valence electrons. The van der Waals surface area contributed by atoms with E-state index in [0.29, 0.717) is 5.69 Å². The predicted octanol–water partition coefficient (Wildman–Crippen LogP) is 0.645. The Labute approximate surface area is 78.8 Å².